The molecule has 4 N–H and O–H groups in total. The Morgan fingerprint density at radius 2 is 1.70 bits per heavy atom. The molecule has 0 aromatic heterocycles. The molecule has 1 heterocycles. The summed E-state index contributed by atoms with van der Waals surface area (Å²) in [5.74, 6) is -2.03. The molecule has 0 aliphatic carbocycles. The van der Waals surface area contributed by atoms with Crippen LogP contribution in [-0.2, 0) is 36.3 Å². The Bertz CT molecular complexity index is 839. The van der Waals surface area contributed by atoms with E-state index in [9.17, 15) is 18.6 Å². The summed E-state index contributed by atoms with van der Waals surface area (Å²) >= 11 is 0. The van der Waals surface area contributed by atoms with Crippen LogP contribution in [0.5, 0.6) is 0 Å². The molecule has 168 valence electrons. The highest BCUT2D eigenvalue weighted by molar-refractivity contribution is 7.66. The minimum Gasteiger partial charge on any atom is -0.371 e. The first-order valence-corrected chi connectivity index (χ1v) is 12.1. The SMILES string of the molecule is [B]C[C@H]1CC(OC(C)(N=[N+]=[N-])N=[N+]=[N-])[C@@H](COP(=O)(O)OP(=O)(O)OP(=O)(O)O)O1. The molecule has 22 heteroatoms. The number of hydrogen-bond acceptors (Lipinski definition) is 10. The van der Waals surface area contributed by atoms with Gasteiger partial charge >= 0.3 is 23.5 Å². The van der Waals surface area contributed by atoms with Crippen molar-refractivity contribution in [1.82, 2.24) is 0 Å². The molecular formula is C8H16BN6O12P3. The predicted molar refractivity (Wildman–Crippen MR) is 95.2 cm³/mol. The summed E-state index contributed by atoms with van der Waals surface area (Å²) in [5.41, 5.74) is 17.2. The van der Waals surface area contributed by atoms with Gasteiger partial charge in [-0.2, -0.15) is 8.62 Å². The molecule has 0 aromatic rings. The molecule has 5 atom stereocenters. The summed E-state index contributed by atoms with van der Waals surface area (Å²) in [6.45, 7) is 0.301. The van der Waals surface area contributed by atoms with Gasteiger partial charge in [0.15, 0.2) is 0 Å². The first kappa shape index (κ1) is 27.0. The Balaban J connectivity index is 2.88. The largest absolute Gasteiger partial charge is 0.490 e. The maximum absolute atomic E-state index is 11.8. The Morgan fingerprint density at radius 1 is 1.13 bits per heavy atom. The first-order valence-electron chi connectivity index (χ1n) is 7.58. The highest BCUT2D eigenvalue weighted by Crippen LogP contribution is 2.66. The van der Waals surface area contributed by atoms with E-state index < -0.39 is 54.2 Å². The quantitative estimate of drug-likeness (QED) is 0.0997. The molecule has 1 fully saturated rings. The first-order chi connectivity index (χ1) is 13.6. The summed E-state index contributed by atoms with van der Waals surface area (Å²) in [5, 5.41) is 6.41. The van der Waals surface area contributed by atoms with Crippen molar-refractivity contribution >= 4 is 31.3 Å². The average molecular weight is 492 g/mol. The molecule has 1 saturated heterocycles. The van der Waals surface area contributed by atoms with Crippen molar-refractivity contribution in [3.8, 4) is 0 Å². The van der Waals surface area contributed by atoms with E-state index in [4.69, 9.17) is 43.1 Å². The van der Waals surface area contributed by atoms with Crippen LogP contribution in [0.2, 0.25) is 6.32 Å². The van der Waals surface area contributed by atoms with Gasteiger partial charge in [-0.25, -0.2) is 13.7 Å². The van der Waals surface area contributed by atoms with Gasteiger partial charge in [0.1, 0.15) is 6.10 Å². The minimum atomic E-state index is -5.69. The van der Waals surface area contributed by atoms with Gasteiger partial charge in [-0.05, 0) is 18.0 Å². The van der Waals surface area contributed by atoms with Gasteiger partial charge in [0.25, 0.3) is 0 Å². The molecule has 1 aliphatic heterocycles. The standard InChI is InChI=1S/C8H16BN6O12P3/c1-8(12-14-10,13-15-11)25-6-2-5(3-9)24-7(6)4-23-29(19,20)27-30(21,22)26-28(16,17)18/h5-7H,2-4H2,1H3,(H,19,20)(H,21,22)(H2,16,17,18)/t5-,6?,7-/m1/s1. The number of hydrogen-bond donors (Lipinski definition) is 4. The summed E-state index contributed by atoms with van der Waals surface area (Å²) in [7, 11) is -11.1. The second-order valence-electron chi connectivity index (χ2n) is 5.62. The van der Waals surface area contributed by atoms with Gasteiger partial charge in [0.05, 0.1) is 26.7 Å². The van der Waals surface area contributed by atoms with Crippen molar-refractivity contribution in [3.05, 3.63) is 20.9 Å². The molecule has 0 saturated carbocycles. The van der Waals surface area contributed by atoms with Crippen molar-refractivity contribution in [2.45, 2.75) is 43.8 Å². The fraction of sp³-hybridized carbons (Fsp3) is 1.00. The van der Waals surface area contributed by atoms with Gasteiger partial charge in [0, 0.05) is 16.2 Å². The highest BCUT2D eigenvalue weighted by Gasteiger charge is 2.44. The average Bonchev–Trinajstić information content (AvgIpc) is 2.91. The molecular weight excluding hydrogens is 476 g/mol. The Labute approximate surface area is 169 Å². The van der Waals surface area contributed by atoms with E-state index in [1.54, 1.807) is 0 Å². The van der Waals surface area contributed by atoms with Gasteiger partial charge in [-0.15, -0.1) is 0 Å². The van der Waals surface area contributed by atoms with Crippen LogP contribution >= 0.6 is 23.5 Å². The lowest BCUT2D eigenvalue weighted by atomic mass is 9.97. The summed E-state index contributed by atoms with van der Waals surface area (Å²) in [6.07, 6.45) is -2.85. The zero-order valence-corrected chi connectivity index (χ0v) is 17.7. The monoisotopic (exact) mass is 492 g/mol. The zero-order chi connectivity index (χ0) is 23.2. The molecule has 1 aliphatic rings. The van der Waals surface area contributed by atoms with Crippen molar-refractivity contribution in [2.24, 2.45) is 10.2 Å². The van der Waals surface area contributed by atoms with Crippen LogP contribution in [0.15, 0.2) is 10.2 Å². The van der Waals surface area contributed by atoms with E-state index in [0.717, 1.165) is 6.92 Å². The highest BCUT2D eigenvalue weighted by atomic mass is 31.3. The molecule has 1 rings (SSSR count). The Hall–Kier alpha value is -0.985. The van der Waals surface area contributed by atoms with E-state index in [1.165, 1.54) is 0 Å². The number of ether oxygens (including phenoxy) is 2. The number of phosphoric acid groups is 3. The third-order valence-electron chi connectivity index (χ3n) is 3.19. The molecule has 2 radical (unpaired) electrons. The second kappa shape index (κ2) is 10.6. The van der Waals surface area contributed by atoms with Crippen molar-refractivity contribution in [1.29, 1.82) is 0 Å². The fourth-order valence-corrected chi connectivity index (χ4v) is 5.24. The molecule has 0 spiro atoms. The lowest BCUT2D eigenvalue weighted by Gasteiger charge is -2.27. The van der Waals surface area contributed by atoms with Crippen LogP contribution in [0, 0.1) is 0 Å². The number of phosphoric ester groups is 1. The van der Waals surface area contributed by atoms with Crippen molar-refractivity contribution < 1.29 is 55.9 Å². The summed E-state index contributed by atoms with van der Waals surface area (Å²) < 4.78 is 56.2. The zero-order valence-electron chi connectivity index (χ0n) is 15.0. The van der Waals surface area contributed by atoms with Crippen LogP contribution in [-0.4, -0.2) is 58.2 Å². The number of azide groups is 1. The molecule has 0 aromatic carbocycles. The molecule has 0 bridgehead atoms. The van der Waals surface area contributed by atoms with Crippen LogP contribution < -0.4 is 0 Å². The third-order valence-corrected chi connectivity index (χ3v) is 7.00. The van der Waals surface area contributed by atoms with E-state index >= 15 is 0 Å². The van der Waals surface area contributed by atoms with Crippen molar-refractivity contribution in [3.63, 3.8) is 0 Å². The Kier molecular flexibility index (Phi) is 9.52. The number of rotatable bonds is 12. The smallest absolute Gasteiger partial charge is 0.371 e. The van der Waals surface area contributed by atoms with E-state index in [0.29, 0.717) is 0 Å². The maximum Gasteiger partial charge on any atom is 0.490 e. The summed E-state index contributed by atoms with van der Waals surface area (Å²) in [4.78, 5) is 40.6. The lowest BCUT2D eigenvalue weighted by Crippen LogP contribution is -2.36. The number of nitrogens with zero attached hydrogens (tertiary/aromatic N) is 6. The predicted octanol–water partition coefficient (Wildman–Crippen LogP) is 1.75. The lowest BCUT2D eigenvalue weighted by molar-refractivity contribution is -0.110. The molecule has 3 unspecified atom stereocenters. The van der Waals surface area contributed by atoms with Gasteiger partial charge in [-0.3, -0.25) is 4.52 Å². The van der Waals surface area contributed by atoms with E-state index in [-0.39, 0.29) is 12.7 Å². The minimum absolute atomic E-state index is 0.0225. The molecule has 30 heavy (non-hydrogen) atoms. The van der Waals surface area contributed by atoms with E-state index in [2.05, 4.69) is 33.2 Å². The van der Waals surface area contributed by atoms with Gasteiger partial charge in [0.2, 0.25) is 5.85 Å². The topological polar surface area (TPSA) is 276 Å². The third kappa shape index (κ3) is 9.44. The molecule has 0 amide bonds. The fourth-order valence-electron chi connectivity index (χ4n) is 2.21. The normalized spacial score (nSPS) is 27.7. The van der Waals surface area contributed by atoms with Gasteiger partial charge < -0.3 is 29.0 Å². The molecule has 18 nitrogen and oxygen atoms in total. The van der Waals surface area contributed by atoms with Crippen LogP contribution in [0.3, 0.4) is 0 Å². The van der Waals surface area contributed by atoms with Crippen LogP contribution in [0.4, 0.5) is 0 Å². The van der Waals surface area contributed by atoms with Gasteiger partial charge in [-0.1, -0.05) is 16.5 Å². The summed E-state index contributed by atoms with van der Waals surface area (Å²) in [6, 6.07) is 0. The maximum atomic E-state index is 11.8. The Morgan fingerprint density at radius 3 is 2.17 bits per heavy atom. The second-order valence-corrected chi connectivity index (χ2v) is 10.0. The van der Waals surface area contributed by atoms with E-state index in [1.807, 2.05) is 0 Å². The van der Waals surface area contributed by atoms with Crippen LogP contribution in [0.1, 0.15) is 13.3 Å². The van der Waals surface area contributed by atoms with Crippen molar-refractivity contribution in [2.75, 3.05) is 6.61 Å². The van der Waals surface area contributed by atoms with Crippen LogP contribution in [0.25, 0.3) is 20.9 Å².